The van der Waals surface area contributed by atoms with E-state index in [2.05, 4.69) is 20.1 Å². The molecule has 39 heavy (non-hydrogen) atoms. The second-order valence-electron chi connectivity index (χ2n) is 11.0. The maximum Gasteiger partial charge on any atom is 0.313 e. The summed E-state index contributed by atoms with van der Waals surface area (Å²) in [6, 6.07) is 7.98. The fraction of sp³-hybridized carbons (Fsp3) is 0.581. The Morgan fingerprint density at radius 3 is 2.59 bits per heavy atom. The zero-order valence-corrected chi connectivity index (χ0v) is 23.2. The van der Waals surface area contributed by atoms with E-state index in [0.717, 1.165) is 18.4 Å². The van der Waals surface area contributed by atoms with E-state index in [-0.39, 0.29) is 25.0 Å². The van der Waals surface area contributed by atoms with Crippen LogP contribution in [0.2, 0.25) is 0 Å². The Kier molecular flexibility index (Phi) is 8.96. The summed E-state index contributed by atoms with van der Waals surface area (Å²) in [4.78, 5) is 45.6. The molecule has 3 saturated heterocycles. The van der Waals surface area contributed by atoms with Crippen LogP contribution in [0.1, 0.15) is 51.5 Å². The molecule has 6 atom stereocenters. The van der Waals surface area contributed by atoms with Crippen LogP contribution < -0.4 is 0 Å². The van der Waals surface area contributed by atoms with Gasteiger partial charge < -0.3 is 24.4 Å². The van der Waals surface area contributed by atoms with Gasteiger partial charge in [0.1, 0.15) is 24.2 Å². The van der Waals surface area contributed by atoms with Gasteiger partial charge in [-0.1, -0.05) is 69.3 Å². The van der Waals surface area contributed by atoms with E-state index in [1.54, 1.807) is 15.9 Å². The fourth-order valence-electron chi connectivity index (χ4n) is 7.02. The summed E-state index contributed by atoms with van der Waals surface area (Å²) >= 11 is 0. The van der Waals surface area contributed by atoms with Gasteiger partial charge >= 0.3 is 5.97 Å². The fourth-order valence-corrected chi connectivity index (χ4v) is 7.02. The highest BCUT2D eigenvalue weighted by Crippen LogP contribution is 2.64. The van der Waals surface area contributed by atoms with Crippen LogP contribution in [0.4, 0.5) is 0 Å². The minimum atomic E-state index is -1.17. The first-order chi connectivity index (χ1) is 18.8. The van der Waals surface area contributed by atoms with Crippen LogP contribution in [-0.4, -0.2) is 82.3 Å². The third-order valence-electron chi connectivity index (χ3n) is 8.81. The van der Waals surface area contributed by atoms with Crippen LogP contribution in [-0.2, 0) is 30.3 Å². The van der Waals surface area contributed by atoms with E-state index in [1.165, 1.54) is 6.08 Å². The highest BCUT2D eigenvalue weighted by molar-refractivity contribution is 5.98. The molecule has 1 spiro atoms. The van der Waals surface area contributed by atoms with Crippen LogP contribution in [0.25, 0.3) is 0 Å². The predicted octanol–water partition coefficient (Wildman–Crippen LogP) is 3.29. The van der Waals surface area contributed by atoms with Gasteiger partial charge in [-0.05, 0) is 37.7 Å². The Morgan fingerprint density at radius 2 is 1.97 bits per heavy atom. The van der Waals surface area contributed by atoms with E-state index in [9.17, 15) is 19.5 Å². The van der Waals surface area contributed by atoms with Gasteiger partial charge in [-0.15, -0.1) is 6.58 Å². The second kappa shape index (κ2) is 12.0. The van der Waals surface area contributed by atoms with Crippen molar-refractivity contribution >= 4 is 17.8 Å². The number of amides is 2. The van der Waals surface area contributed by atoms with E-state index in [0.29, 0.717) is 38.8 Å². The number of ether oxygens (including phenoxy) is 2. The molecular weight excluding hydrogens is 496 g/mol. The van der Waals surface area contributed by atoms with E-state index in [4.69, 9.17) is 9.47 Å². The number of hydrogen-bond acceptors (Lipinski definition) is 6. The summed E-state index contributed by atoms with van der Waals surface area (Å²) < 4.78 is 12.3. The van der Waals surface area contributed by atoms with E-state index >= 15 is 0 Å². The molecule has 3 fully saturated rings. The molecule has 3 heterocycles. The molecule has 0 radical (unpaired) electrons. The van der Waals surface area contributed by atoms with E-state index < -0.39 is 41.1 Å². The van der Waals surface area contributed by atoms with Gasteiger partial charge in [0.2, 0.25) is 11.8 Å². The monoisotopic (exact) mass is 538 g/mol. The second-order valence-corrected chi connectivity index (χ2v) is 11.0. The van der Waals surface area contributed by atoms with E-state index in [1.807, 2.05) is 37.3 Å². The van der Waals surface area contributed by atoms with Crippen molar-refractivity contribution in [3.05, 3.63) is 61.2 Å². The quantitative estimate of drug-likeness (QED) is 0.289. The molecule has 4 rings (SSSR count). The van der Waals surface area contributed by atoms with Crippen LogP contribution in [0.3, 0.4) is 0 Å². The molecular formula is C31H42N2O6. The molecule has 2 unspecified atom stereocenters. The Balaban J connectivity index is 1.81. The first-order valence-corrected chi connectivity index (χ1v) is 14.2. The van der Waals surface area contributed by atoms with Gasteiger partial charge in [0.25, 0.3) is 0 Å². The van der Waals surface area contributed by atoms with Crippen molar-refractivity contribution in [3.8, 4) is 0 Å². The number of nitrogens with zero attached hydrogens (tertiary/aromatic N) is 2. The number of esters is 1. The Hall–Kier alpha value is -2.97. The number of carbonyl (C=O) groups excluding carboxylic acids is 3. The van der Waals surface area contributed by atoms with Crippen LogP contribution in [0, 0.1) is 11.8 Å². The molecule has 1 aromatic carbocycles. The third-order valence-corrected chi connectivity index (χ3v) is 8.81. The van der Waals surface area contributed by atoms with Gasteiger partial charge in [0.05, 0.1) is 24.2 Å². The van der Waals surface area contributed by atoms with Crippen molar-refractivity contribution in [2.24, 2.45) is 11.8 Å². The first-order valence-electron chi connectivity index (χ1n) is 14.2. The first kappa shape index (κ1) is 29.0. The molecule has 3 aliphatic heterocycles. The summed E-state index contributed by atoms with van der Waals surface area (Å²) in [5.74, 6) is -2.74. The van der Waals surface area contributed by atoms with Gasteiger partial charge in [0, 0.05) is 13.1 Å². The van der Waals surface area contributed by atoms with Crippen LogP contribution in [0.15, 0.2) is 55.6 Å². The topological polar surface area (TPSA) is 96.4 Å². The highest BCUT2D eigenvalue weighted by Gasteiger charge is 2.79. The SMILES string of the molecule is C=CCOC(=O)[C@@H]1[C@H]2C(=O)N([C@@H](CO)Cc3ccccc3)C(C(=O)N(CC=C)CCCC)C23CC[C@@]1(CC)O3. The lowest BCUT2D eigenvalue weighted by Crippen LogP contribution is -2.59. The van der Waals surface area contributed by atoms with Gasteiger partial charge in [0.15, 0.2) is 0 Å². The lowest BCUT2D eigenvalue weighted by Gasteiger charge is -2.39. The molecule has 0 saturated carbocycles. The number of likely N-dealkylation sites (tertiary alicyclic amines) is 1. The van der Waals surface area contributed by atoms with Gasteiger partial charge in [-0.25, -0.2) is 0 Å². The van der Waals surface area contributed by atoms with Crippen LogP contribution >= 0.6 is 0 Å². The molecule has 1 aromatic rings. The molecule has 2 bridgehead atoms. The number of benzene rings is 1. The summed E-state index contributed by atoms with van der Waals surface area (Å²) in [5, 5.41) is 10.6. The normalized spacial score (nSPS) is 29.7. The average Bonchev–Trinajstić information content (AvgIpc) is 3.56. The van der Waals surface area contributed by atoms with Crippen molar-refractivity contribution in [1.29, 1.82) is 0 Å². The maximum absolute atomic E-state index is 14.4. The molecule has 1 N–H and O–H groups in total. The number of rotatable bonds is 14. The Labute approximate surface area is 231 Å². The summed E-state index contributed by atoms with van der Waals surface area (Å²) in [5.41, 5.74) is -1.10. The van der Waals surface area contributed by atoms with Crippen molar-refractivity contribution in [2.75, 3.05) is 26.3 Å². The predicted molar refractivity (Wildman–Crippen MR) is 148 cm³/mol. The highest BCUT2D eigenvalue weighted by atomic mass is 16.6. The number of carbonyl (C=O) groups is 3. The number of aliphatic hydroxyl groups excluding tert-OH is 1. The average molecular weight is 539 g/mol. The summed E-state index contributed by atoms with van der Waals surface area (Å²) in [7, 11) is 0. The van der Waals surface area contributed by atoms with Crippen molar-refractivity contribution < 1.29 is 29.0 Å². The lowest BCUT2D eigenvalue weighted by atomic mass is 9.65. The zero-order chi connectivity index (χ0) is 28.2. The molecule has 8 nitrogen and oxygen atoms in total. The van der Waals surface area contributed by atoms with Crippen LogP contribution in [0.5, 0.6) is 0 Å². The number of aliphatic hydroxyl groups is 1. The lowest BCUT2D eigenvalue weighted by molar-refractivity contribution is -0.162. The largest absolute Gasteiger partial charge is 0.461 e. The maximum atomic E-state index is 14.4. The zero-order valence-electron chi connectivity index (χ0n) is 23.2. The summed E-state index contributed by atoms with van der Waals surface area (Å²) in [6.45, 7) is 12.1. The number of hydrogen-bond donors (Lipinski definition) is 1. The van der Waals surface area contributed by atoms with Crippen molar-refractivity contribution in [2.45, 2.75) is 75.7 Å². The molecule has 212 valence electrons. The molecule has 8 heteroatoms. The molecule has 3 aliphatic rings. The number of unbranched alkanes of at least 4 members (excludes halogenated alkanes) is 1. The Bertz CT molecular complexity index is 1080. The smallest absolute Gasteiger partial charge is 0.313 e. The Morgan fingerprint density at radius 1 is 1.23 bits per heavy atom. The minimum Gasteiger partial charge on any atom is -0.461 e. The van der Waals surface area contributed by atoms with Crippen molar-refractivity contribution in [1.82, 2.24) is 9.80 Å². The standard InChI is InChI=1S/C31H42N2O6/c1-5-9-18-32(17-6-2)28(36)26-31-16-15-30(8-4,39-31)25(29(37)38-19-7-3)24(31)27(35)33(26)23(21-34)20-22-13-11-10-12-14-22/h6-7,10-14,23-26,34H,2-3,5,8-9,15-21H2,1,4H3/t23-,24+,25+,26?,30-,31?/m1/s1. The molecule has 0 aromatic heterocycles. The minimum absolute atomic E-state index is 0.0342. The van der Waals surface area contributed by atoms with Gasteiger partial charge in [-0.2, -0.15) is 0 Å². The number of fused-ring (bicyclic) bond motifs is 1. The third kappa shape index (κ3) is 4.93. The molecule has 2 amide bonds. The van der Waals surface area contributed by atoms with Crippen molar-refractivity contribution in [3.63, 3.8) is 0 Å². The summed E-state index contributed by atoms with van der Waals surface area (Å²) in [6.07, 6.45) is 6.82. The van der Waals surface area contributed by atoms with Gasteiger partial charge in [-0.3, -0.25) is 14.4 Å². The molecule has 0 aliphatic carbocycles.